The highest BCUT2D eigenvalue weighted by Crippen LogP contribution is 2.11. The number of ether oxygens (including phenoxy) is 1. The van der Waals surface area contributed by atoms with Gasteiger partial charge in [0.1, 0.15) is 5.75 Å². The molecule has 0 atom stereocenters. The van der Waals surface area contributed by atoms with Crippen LogP contribution < -0.4 is 16.0 Å². The molecule has 0 aliphatic carbocycles. The van der Waals surface area contributed by atoms with Crippen LogP contribution in [0.1, 0.15) is 5.56 Å². The van der Waals surface area contributed by atoms with Crippen molar-refractivity contribution < 1.29 is 9.53 Å². The molecular weight excluding hydrogens is 168 g/mol. The van der Waals surface area contributed by atoms with Crippen LogP contribution in [0.25, 0.3) is 0 Å². The number of benzene rings is 1. The van der Waals surface area contributed by atoms with Crippen molar-refractivity contribution in [1.82, 2.24) is 5.43 Å². The lowest BCUT2D eigenvalue weighted by molar-refractivity contribution is -0.123. The maximum Gasteiger partial charge on any atom is 0.271 e. The molecule has 3 N–H and O–H groups in total. The van der Waals surface area contributed by atoms with E-state index in [1.165, 1.54) is 0 Å². The van der Waals surface area contributed by atoms with Crippen molar-refractivity contribution in [1.29, 1.82) is 0 Å². The smallest absolute Gasteiger partial charge is 0.271 e. The van der Waals surface area contributed by atoms with Crippen LogP contribution >= 0.6 is 0 Å². The summed E-state index contributed by atoms with van der Waals surface area (Å²) < 4.78 is 5.15. The highest BCUT2D eigenvalue weighted by Gasteiger charge is 1.99. The Kier molecular flexibility index (Phi) is 3.28. The first-order valence-electron chi connectivity index (χ1n) is 3.91. The number of hydrogen-bond donors (Lipinski definition) is 2. The van der Waals surface area contributed by atoms with Crippen LogP contribution in [0.4, 0.5) is 0 Å². The van der Waals surface area contributed by atoms with Gasteiger partial charge >= 0.3 is 0 Å². The molecule has 0 unspecified atom stereocenters. The second kappa shape index (κ2) is 4.47. The highest BCUT2D eigenvalue weighted by atomic mass is 16.5. The van der Waals surface area contributed by atoms with E-state index in [1.54, 1.807) is 6.07 Å². The molecule has 0 aromatic heterocycles. The summed E-state index contributed by atoms with van der Waals surface area (Å²) in [7, 11) is 0. The molecule has 0 radical (unpaired) electrons. The molecule has 1 amide bonds. The summed E-state index contributed by atoms with van der Waals surface area (Å²) in [6.07, 6.45) is 0. The zero-order chi connectivity index (χ0) is 9.68. The molecule has 0 aliphatic rings. The summed E-state index contributed by atoms with van der Waals surface area (Å²) in [5, 5.41) is 0. The van der Waals surface area contributed by atoms with Crippen molar-refractivity contribution in [3.8, 4) is 5.75 Å². The molecule has 4 heteroatoms. The maximum atomic E-state index is 10.7. The standard InChI is InChI=1S/C9H12N2O2/c1-7-3-2-4-8(5-7)13-6-9(12)11-10/h2-5H,6,10H2,1H3,(H,11,12). The van der Waals surface area contributed by atoms with E-state index in [0.29, 0.717) is 5.75 Å². The Balaban J connectivity index is 2.50. The number of hydrazine groups is 1. The number of aryl methyl sites for hydroxylation is 1. The monoisotopic (exact) mass is 180 g/mol. The highest BCUT2D eigenvalue weighted by molar-refractivity contribution is 5.76. The van der Waals surface area contributed by atoms with Gasteiger partial charge in [-0.05, 0) is 24.6 Å². The van der Waals surface area contributed by atoms with Gasteiger partial charge in [-0.2, -0.15) is 0 Å². The van der Waals surface area contributed by atoms with E-state index >= 15 is 0 Å². The molecule has 13 heavy (non-hydrogen) atoms. The Hall–Kier alpha value is -1.55. The molecule has 0 saturated carbocycles. The fraction of sp³-hybridized carbons (Fsp3) is 0.222. The van der Waals surface area contributed by atoms with Crippen molar-refractivity contribution in [3.05, 3.63) is 29.8 Å². The van der Waals surface area contributed by atoms with Crippen LogP contribution in [-0.4, -0.2) is 12.5 Å². The Bertz CT molecular complexity index is 299. The molecule has 1 aromatic carbocycles. The van der Waals surface area contributed by atoms with Crippen molar-refractivity contribution >= 4 is 5.91 Å². The summed E-state index contributed by atoms with van der Waals surface area (Å²) in [5.41, 5.74) is 3.07. The minimum absolute atomic E-state index is 0.0556. The second-order valence-corrected chi connectivity index (χ2v) is 2.67. The van der Waals surface area contributed by atoms with Crippen LogP contribution in [0.15, 0.2) is 24.3 Å². The largest absolute Gasteiger partial charge is 0.484 e. The number of nitrogens with two attached hydrogens (primary N) is 1. The summed E-state index contributed by atoms with van der Waals surface area (Å²) in [6.45, 7) is 1.90. The first kappa shape index (κ1) is 9.54. The lowest BCUT2D eigenvalue weighted by Crippen LogP contribution is -2.34. The first-order valence-corrected chi connectivity index (χ1v) is 3.91. The van der Waals surface area contributed by atoms with Gasteiger partial charge in [0.05, 0.1) is 0 Å². The number of rotatable bonds is 3. The topological polar surface area (TPSA) is 64.3 Å². The molecular formula is C9H12N2O2. The molecule has 0 saturated heterocycles. The average molecular weight is 180 g/mol. The Morgan fingerprint density at radius 3 is 3.00 bits per heavy atom. The van der Waals surface area contributed by atoms with E-state index in [2.05, 4.69) is 0 Å². The average Bonchev–Trinajstić information content (AvgIpc) is 2.14. The number of nitrogens with one attached hydrogen (secondary N) is 1. The number of amides is 1. The second-order valence-electron chi connectivity index (χ2n) is 2.67. The van der Waals surface area contributed by atoms with Crippen molar-refractivity contribution in [2.24, 2.45) is 5.84 Å². The molecule has 0 fully saturated rings. The van der Waals surface area contributed by atoms with Gasteiger partial charge in [-0.3, -0.25) is 10.2 Å². The van der Waals surface area contributed by atoms with Gasteiger partial charge in [-0.15, -0.1) is 0 Å². The molecule has 0 aliphatic heterocycles. The lowest BCUT2D eigenvalue weighted by Gasteiger charge is -2.04. The van der Waals surface area contributed by atoms with Crippen LogP contribution in [0, 0.1) is 6.92 Å². The zero-order valence-corrected chi connectivity index (χ0v) is 7.41. The van der Waals surface area contributed by atoms with E-state index in [-0.39, 0.29) is 12.5 Å². The number of carbonyl (C=O) groups is 1. The first-order chi connectivity index (χ1) is 6.22. The van der Waals surface area contributed by atoms with Gasteiger partial charge < -0.3 is 4.74 Å². The van der Waals surface area contributed by atoms with E-state index in [4.69, 9.17) is 10.6 Å². The van der Waals surface area contributed by atoms with Gasteiger partial charge in [0, 0.05) is 0 Å². The van der Waals surface area contributed by atoms with Gasteiger partial charge in [-0.25, -0.2) is 5.84 Å². The molecule has 1 rings (SSSR count). The molecule has 0 bridgehead atoms. The van der Waals surface area contributed by atoms with Crippen LogP contribution in [0.2, 0.25) is 0 Å². The third kappa shape index (κ3) is 3.13. The fourth-order valence-electron chi connectivity index (χ4n) is 0.896. The summed E-state index contributed by atoms with van der Waals surface area (Å²) >= 11 is 0. The normalized spacial score (nSPS) is 9.38. The zero-order valence-electron chi connectivity index (χ0n) is 7.41. The predicted octanol–water partition coefficient (Wildman–Crippen LogP) is 0.364. The van der Waals surface area contributed by atoms with Crippen molar-refractivity contribution in [2.45, 2.75) is 6.92 Å². The van der Waals surface area contributed by atoms with Crippen molar-refractivity contribution in [2.75, 3.05) is 6.61 Å². The van der Waals surface area contributed by atoms with Crippen LogP contribution in [0.5, 0.6) is 5.75 Å². The summed E-state index contributed by atoms with van der Waals surface area (Å²) in [6, 6.07) is 7.46. The predicted molar refractivity (Wildman–Crippen MR) is 49.0 cm³/mol. The fourth-order valence-corrected chi connectivity index (χ4v) is 0.896. The van der Waals surface area contributed by atoms with Crippen molar-refractivity contribution in [3.63, 3.8) is 0 Å². The van der Waals surface area contributed by atoms with Gasteiger partial charge in [0.25, 0.3) is 5.91 Å². The summed E-state index contributed by atoms with van der Waals surface area (Å²) in [4.78, 5) is 10.7. The minimum atomic E-state index is -0.346. The quantitative estimate of drug-likeness (QED) is 0.401. The Labute approximate surface area is 76.7 Å². The van der Waals surface area contributed by atoms with Crippen LogP contribution in [-0.2, 0) is 4.79 Å². The molecule has 0 spiro atoms. The molecule has 0 heterocycles. The SMILES string of the molecule is Cc1cccc(OCC(=O)NN)c1. The molecule has 70 valence electrons. The Morgan fingerprint density at radius 2 is 2.38 bits per heavy atom. The van der Waals surface area contributed by atoms with E-state index in [1.807, 2.05) is 30.5 Å². The minimum Gasteiger partial charge on any atom is -0.484 e. The molecule has 4 nitrogen and oxygen atoms in total. The van der Waals surface area contributed by atoms with E-state index < -0.39 is 0 Å². The van der Waals surface area contributed by atoms with E-state index in [9.17, 15) is 4.79 Å². The van der Waals surface area contributed by atoms with Gasteiger partial charge in [0.15, 0.2) is 6.61 Å². The van der Waals surface area contributed by atoms with Gasteiger partial charge in [-0.1, -0.05) is 12.1 Å². The molecule has 1 aromatic rings. The number of hydrogen-bond acceptors (Lipinski definition) is 3. The summed E-state index contributed by atoms with van der Waals surface area (Å²) in [5.74, 6) is 5.21. The number of carbonyl (C=O) groups excluding carboxylic acids is 1. The third-order valence-corrected chi connectivity index (χ3v) is 1.52. The lowest BCUT2D eigenvalue weighted by atomic mass is 10.2. The Morgan fingerprint density at radius 1 is 1.62 bits per heavy atom. The maximum absolute atomic E-state index is 10.7. The third-order valence-electron chi connectivity index (χ3n) is 1.52. The van der Waals surface area contributed by atoms with Gasteiger partial charge in [0.2, 0.25) is 0 Å². The van der Waals surface area contributed by atoms with E-state index in [0.717, 1.165) is 5.56 Å². The van der Waals surface area contributed by atoms with Crippen LogP contribution in [0.3, 0.4) is 0 Å².